The van der Waals surface area contributed by atoms with E-state index in [1.165, 1.54) is 0 Å². The number of carbonyl (C=O) groups excluding carboxylic acids is 2. The highest BCUT2D eigenvalue weighted by atomic mass is 32.2. The number of carbonyl (C=O) groups is 2. The lowest BCUT2D eigenvalue weighted by Gasteiger charge is -2.41. The standard InChI is InChI=1S/C31H30N4O4S/c1-18-5-11-24(19(2)15-18)34-30(37)27-20(3)32-31-35(13-4-14-40-31)28(27)21-6-9-23(10-7-21)33-29(36)22-8-12-25-26(16-22)39-17-38-25/h5-12,15-16,28H,4,13-14,17H2,1-3H3,(H,33,36)(H,34,37). The van der Waals surface area contributed by atoms with E-state index >= 15 is 0 Å². The van der Waals surface area contributed by atoms with Gasteiger partial charge in [-0.05, 0) is 74.7 Å². The van der Waals surface area contributed by atoms with Crippen LogP contribution in [-0.2, 0) is 4.79 Å². The maximum atomic E-state index is 13.8. The molecule has 1 unspecified atom stereocenters. The Labute approximate surface area is 237 Å². The Hall–Kier alpha value is -4.24. The number of nitrogens with zero attached hydrogens (tertiary/aromatic N) is 2. The van der Waals surface area contributed by atoms with Crippen LogP contribution in [0.15, 0.2) is 76.9 Å². The Morgan fingerprint density at radius 2 is 1.73 bits per heavy atom. The van der Waals surface area contributed by atoms with Crippen LogP contribution in [0.2, 0.25) is 0 Å². The van der Waals surface area contributed by atoms with E-state index < -0.39 is 0 Å². The van der Waals surface area contributed by atoms with Crippen molar-refractivity contribution in [3.63, 3.8) is 0 Å². The quantitative estimate of drug-likeness (QED) is 0.399. The van der Waals surface area contributed by atoms with Crippen molar-refractivity contribution in [2.45, 2.75) is 33.2 Å². The molecule has 8 nitrogen and oxygen atoms in total. The number of rotatable bonds is 5. The summed E-state index contributed by atoms with van der Waals surface area (Å²) in [5.74, 6) is 1.80. The van der Waals surface area contributed by atoms with Gasteiger partial charge >= 0.3 is 0 Å². The molecule has 40 heavy (non-hydrogen) atoms. The number of hydrogen-bond donors (Lipinski definition) is 2. The summed E-state index contributed by atoms with van der Waals surface area (Å²) in [6.07, 6.45) is 1.01. The average Bonchev–Trinajstić information content (AvgIpc) is 3.42. The van der Waals surface area contributed by atoms with E-state index in [1.807, 2.05) is 57.2 Å². The lowest BCUT2D eigenvalue weighted by atomic mass is 9.93. The molecule has 6 rings (SSSR count). The lowest BCUT2D eigenvalue weighted by Crippen LogP contribution is -2.43. The number of amides is 2. The largest absolute Gasteiger partial charge is 0.454 e. The Bertz CT molecular complexity index is 1560. The molecule has 0 spiro atoms. The van der Waals surface area contributed by atoms with Crippen molar-refractivity contribution in [3.05, 3.63) is 94.2 Å². The first-order chi connectivity index (χ1) is 19.4. The minimum absolute atomic E-state index is 0.156. The van der Waals surface area contributed by atoms with E-state index in [0.717, 1.165) is 46.3 Å². The van der Waals surface area contributed by atoms with Gasteiger partial charge in [-0.3, -0.25) is 9.59 Å². The van der Waals surface area contributed by atoms with Crippen LogP contribution < -0.4 is 20.1 Å². The summed E-state index contributed by atoms with van der Waals surface area (Å²) in [7, 11) is 0. The normalized spacial score (nSPS) is 17.7. The SMILES string of the molecule is CC1=C(C(=O)Nc2ccc(C)cc2C)C(c2ccc(NC(=O)c3ccc4c(c3)OCO4)cc2)N2CCCSC2=N1. The van der Waals surface area contributed by atoms with E-state index in [9.17, 15) is 9.59 Å². The fourth-order valence-corrected chi connectivity index (χ4v) is 6.26. The zero-order chi connectivity index (χ0) is 27.8. The lowest BCUT2D eigenvalue weighted by molar-refractivity contribution is -0.113. The van der Waals surface area contributed by atoms with Gasteiger partial charge in [-0.25, -0.2) is 4.99 Å². The fourth-order valence-electron chi connectivity index (χ4n) is 5.24. The first kappa shape index (κ1) is 26.0. The Morgan fingerprint density at radius 3 is 2.52 bits per heavy atom. The first-order valence-corrected chi connectivity index (χ1v) is 14.2. The number of allylic oxidation sites excluding steroid dienone is 1. The maximum Gasteiger partial charge on any atom is 0.255 e. The van der Waals surface area contributed by atoms with Gasteiger partial charge < -0.3 is 25.0 Å². The summed E-state index contributed by atoms with van der Waals surface area (Å²) in [4.78, 5) is 33.7. The second-order valence-electron chi connectivity index (χ2n) is 10.1. The Morgan fingerprint density at radius 1 is 0.925 bits per heavy atom. The monoisotopic (exact) mass is 554 g/mol. The van der Waals surface area contributed by atoms with Crippen molar-refractivity contribution in [2.24, 2.45) is 4.99 Å². The van der Waals surface area contributed by atoms with Crippen LogP contribution in [0.1, 0.15) is 46.4 Å². The van der Waals surface area contributed by atoms with Gasteiger partial charge in [0.2, 0.25) is 6.79 Å². The van der Waals surface area contributed by atoms with E-state index in [2.05, 4.69) is 21.6 Å². The van der Waals surface area contributed by atoms with Crippen LogP contribution >= 0.6 is 11.8 Å². The van der Waals surface area contributed by atoms with Gasteiger partial charge in [-0.2, -0.15) is 0 Å². The number of benzene rings is 3. The van der Waals surface area contributed by atoms with E-state index in [0.29, 0.717) is 34.0 Å². The molecule has 1 fully saturated rings. The van der Waals surface area contributed by atoms with Gasteiger partial charge in [0, 0.05) is 29.2 Å². The van der Waals surface area contributed by atoms with Gasteiger partial charge in [0.15, 0.2) is 16.7 Å². The predicted octanol–water partition coefficient (Wildman–Crippen LogP) is 6.05. The summed E-state index contributed by atoms with van der Waals surface area (Å²) in [6, 6.07) is 18.5. The summed E-state index contributed by atoms with van der Waals surface area (Å²) in [6.45, 7) is 6.91. The molecule has 1 saturated heterocycles. The minimum atomic E-state index is -0.287. The third-order valence-electron chi connectivity index (χ3n) is 7.25. The van der Waals surface area contributed by atoms with Crippen molar-refractivity contribution in [1.82, 2.24) is 4.90 Å². The molecule has 3 aromatic carbocycles. The number of hydrogen-bond acceptors (Lipinski definition) is 7. The van der Waals surface area contributed by atoms with Gasteiger partial charge in [0.1, 0.15) is 0 Å². The number of aliphatic imine (C=N–C) groups is 1. The fraction of sp³-hybridized carbons (Fsp3) is 0.258. The first-order valence-electron chi connectivity index (χ1n) is 13.3. The van der Waals surface area contributed by atoms with Gasteiger partial charge in [-0.1, -0.05) is 41.6 Å². The molecule has 3 aliphatic rings. The number of nitrogens with one attached hydrogen (secondary N) is 2. The summed E-state index contributed by atoms with van der Waals surface area (Å²) in [5, 5.41) is 7.03. The van der Waals surface area contributed by atoms with Crippen LogP contribution in [0.25, 0.3) is 0 Å². The molecule has 1 atom stereocenters. The highest BCUT2D eigenvalue weighted by Crippen LogP contribution is 2.40. The van der Waals surface area contributed by atoms with Crippen molar-refractivity contribution < 1.29 is 19.1 Å². The molecule has 9 heteroatoms. The van der Waals surface area contributed by atoms with Gasteiger partial charge in [0.05, 0.1) is 17.3 Å². The highest BCUT2D eigenvalue weighted by molar-refractivity contribution is 8.13. The molecule has 3 aromatic rings. The molecule has 0 radical (unpaired) electrons. The number of aryl methyl sites for hydroxylation is 2. The molecule has 0 aromatic heterocycles. The second kappa shape index (κ2) is 10.7. The third kappa shape index (κ3) is 5.04. The van der Waals surface area contributed by atoms with Crippen molar-refractivity contribution in [3.8, 4) is 11.5 Å². The number of anilines is 2. The van der Waals surface area contributed by atoms with E-state index in [1.54, 1.807) is 30.0 Å². The summed E-state index contributed by atoms with van der Waals surface area (Å²) < 4.78 is 10.7. The number of amidine groups is 1. The van der Waals surface area contributed by atoms with Crippen molar-refractivity contribution in [1.29, 1.82) is 0 Å². The molecular weight excluding hydrogens is 524 g/mol. The predicted molar refractivity (Wildman–Crippen MR) is 158 cm³/mol. The van der Waals surface area contributed by atoms with Crippen molar-refractivity contribution in [2.75, 3.05) is 29.7 Å². The number of thioether (sulfide) groups is 1. The number of ether oxygens (including phenoxy) is 2. The van der Waals surface area contributed by atoms with E-state index in [4.69, 9.17) is 14.5 Å². The topological polar surface area (TPSA) is 92.3 Å². The molecule has 2 N–H and O–H groups in total. The molecule has 0 aliphatic carbocycles. The molecular formula is C31H30N4O4S. The Kier molecular flexibility index (Phi) is 6.98. The Balaban J connectivity index is 1.27. The van der Waals surface area contributed by atoms with Gasteiger partial charge in [0.25, 0.3) is 11.8 Å². The van der Waals surface area contributed by atoms with Crippen LogP contribution in [0, 0.1) is 13.8 Å². The molecule has 3 heterocycles. The van der Waals surface area contributed by atoms with Crippen molar-refractivity contribution >= 4 is 40.1 Å². The minimum Gasteiger partial charge on any atom is -0.454 e. The summed E-state index contributed by atoms with van der Waals surface area (Å²) in [5.41, 5.74) is 6.39. The zero-order valence-corrected chi connectivity index (χ0v) is 23.4. The average molecular weight is 555 g/mol. The molecule has 0 saturated carbocycles. The van der Waals surface area contributed by atoms with Crippen LogP contribution in [0.3, 0.4) is 0 Å². The molecule has 204 valence electrons. The van der Waals surface area contributed by atoms with Crippen LogP contribution in [0.5, 0.6) is 11.5 Å². The van der Waals surface area contributed by atoms with Crippen LogP contribution in [-0.4, -0.2) is 41.0 Å². The highest BCUT2D eigenvalue weighted by Gasteiger charge is 2.37. The molecule has 2 amide bonds. The zero-order valence-electron chi connectivity index (χ0n) is 22.6. The smallest absolute Gasteiger partial charge is 0.255 e. The van der Waals surface area contributed by atoms with Gasteiger partial charge in [-0.15, -0.1) is 0 Å². The third-order valence-corrected chi connectivity index (χ3v) is 8.33. The number of fused-ring (bicyclic) bond motifs is 2. The summed E-state index contributed by atoms with van der Waals surface area (Å²) >= 11 is 1.72. The molecule has 3 aliphatic heterocycles. The molecule has 0 bridgehead atoms. The van der Waals surface area contributed by atoms with Crippen LogP contribution in [0.4, 0.5) is 11.4 Å². The second-order valence-corrected chi connectivity index (χ2v) is 11.2. The van der Waals surface area contributed by atoms with E-state index in [-0.39, 0.29) is 24.6 Å². The maximum absolute atomic E-state index is 13.8.